The van der Waals surface area contributed by atoms with Crippen molar-refractivity contribution in [2.75, 3.05) is 45.9 Å². The van der Waals surface area contributed by atoms with Crippen molar-refractivity contribution in [1.29, 1.82) is 0 Å². The lowest BCUT2D eigenvalue weighted by Gasteiger charge is -2.35. The van der Waals surface area contributed by atoms with Crippen molar-refractivity contribution in [3.8, 4) is 5.75 Å². The van der Waals surface area contributed by atoms with Gasteiger partial charge in [-0.2, -0.15) is 0 Å². The molecule has 30 heavy (non-hydrogen) atoms. The molecule has 1 aromatic rings. The average molecular weight is 418 g/mol. The molecular formula is C23H35N3O4. The van der Waals surface area contributed by atoms with E-state index in [0.717, 1.165) is 62.4 Å². The van der Waals surface area contributed by atoms with Crippen LogP contribution in [0, 0.1) is 6.92 Å². The van der Waals surface area contributed by atoms with Crippen molar-refractivity contribution in [2.45, 2.75) is 52.7 Å². The second-order valence-electron chi connectivity index (χ2n) is 9.23. The van der Waals surface area contributed by atoms with Gasteiger partial charge in [-0.05, 0) is 52.2 Å². The SMILES string of the molecule is Cc1ccc(CN2CCN(C(=O)OC(C)(C)C)CC2)c(OCC(=O)N2CCCC2)c1. The van der Waals surface area contributed by atoms with E-state index in [1.165, 1.54) is 0 Å². The summed E-state index contributed by atoms with van der Waals surface area (Å²) in [7, 11) is 0. The fourth-order valence-electron chi connectivity index (χ4n) is 3.78. The van der Waals surface area contributed by atoms with Gasteiger partial charge < -0.3 is 19.3 Å². The summed E-state index contributed by atoms with van der Waals surface area (Å²) in [6, 6.07) is 6.15. The molecule has 0 saturated carbocycles. The first-order valence-electron chi connectivity index (χ1n) is 10.9. The summed E-state index contributed by atoms with van der Waals surface area (Å²) < 4.78 is 11.4. The molecule has 0 N–H and O–H groups in total. The van der Waals surface area contributed by atoms with Gasteiger partial charge in [-0.1, -0.05) is 12.1 Å². The summed E-state index contributed by atoms with van der Waals surface area (Å²) in [6.45, 7) is 13.0. The highest BCUT2D eigenvalue weighted by molar-refractivity contribution is 5.78. The van der Waals surface area contributed by atoms with E-state index in [1.54, 1.807) is 4.90 Å². The van der Waals surface area contributed by atoms with Crippen molar-refractivity contribution >= 4 is 12.0 Å². The van der Waals surface area contributed by atoms with Gasteiger partial charge in [0.15, 0.2) is 6.61 Å². The zero-order valence-corrected chi connectivity index (χ0v) is 18.8. The van der Waals surface area contributed by atoms with Gasteiger partial charge in [-0.15, -0.1) is 0 Å². The van der Waals surface area contributed by atoms with E-state index >= 15 is 0 Å². The van der Waals surface area contributed by atoms with Gasteiger partial charge >= 0.3 is 6.09 Å². The van der Waals surface area contributed by atoms with Crippen molar-refractivity contribution in [1.82, 2.24) is 14.7 Å². The van der Waals surface area contributed by atoms with Crippen LogP contribution in [-0.4, -0.2) is 78.2 Å². The second-order valence-corrected chi connectivity index (χ2v) is 9.23. The van der Waals surface area contributed by atoms with Crippen LogP contribution in [0.1, 0.15) is 44.7 Å². The molecule has 0 aromatic heterocycles. The second kappa shape index (κ2) is 9.69. The molecule has 3 rings (SSSR count). The lowest BCUT2D eigenvalue weighted by molar-refractivity contribution is -0.132. The highest BCUT2D eigenvalue weighted by atomic mass is 16.6. The number of hydrogen-bond acceptors (Lipinski definition) is 5. The Morgan fingerprint density at radius 3 is 2.27 bits per heavy atom. The van der Waals surface area contributed by atoms with Crippen LogP contribution in [0.25, 0.3) is 0 Å². The fraction of sp³-hybridized carbons (Fsp3) is 0.652. The third-order valence-electron chi connectivity index (χ3n) is 5.45. The summed E-state index contributed by atoms with van der Waals surface area (Å²) in [5.74, 6) is 0.836. The van der Waals surface area contributed by atoms with E-state index in [-0.39, 0.29) is 18.6 Å². The molecule has 0 spiro atoms. The summed E-state index contributed by atoms with van der Waals surface area (Å²) in [4.78, 5) is 30.6. The molecule has 1 aromatic carbocycles. The van der Waals surface area contributed by atoms with Crippen LogP contribution in [-0.2, 0) is 16.1 Å². The number of benzene rings is 1. The van der Waals surface area contributed by atoms with E-state index < -0.39 is 5.60 Å². The third-order valence-corrected chi connectivity index (χ3v) is 5.45. The van der Waals surface area contributed by atoms with Crippen molar-refractivity contribution in [3.63, 3.8) is 0 Å². The van der Waals surface area contributed by atoms with E-state index in [0.29, 0.717) is 13.1 Å². The molecule has 7 nitrogen and oxygen atoms in total. The van der Waals surface area contributed by atoms with Gasteiger partial charge in [0.25, 0.3) is 5.91 Å². The van der Waals surface area contributed by atoms with Crippen LogP contribution in [0.15, 0.2) is 18.2 Å². The smallest absolute Gasteiger partial charge is 0.410 e. The molecule has 7 heteroatoms. The Balaban J connectivity index is 1.54. The van der Waals surface area contributed by atoms with Crippen molar-refractivity contribution in [2.24, 2.45) is 0 Å². The molecule has 0 aliphatic carbocycles. The molecule has 2 aliphatic rings. The standard InChI is InChI=1S/C23H35N3O4/c1-18-7-8-19(20(15-18)29-17-21(27)25-9-5-6-10-25)16-24-11-13-26(14-12-24)22(28)30-23(2,3)4/h7-8,15H,5-6,9-14,16-17H2,1-4H3. The molecule has 0 unspecified atom stereocenters. The van der Waals surface area contributed by atoms with Crippen LogP contribution in [0.5, 0.6) is 5.75 Å². The number of rotatable bonds is 5. The maximum Gasteiger partial charge on any atom is 0.410 e. The highest BCUT2D eigenvalue weighted by Crippen LogP contribution is 2.23. The number of carbonyl (C=O) groups is 2. The Morgan fingerprint density at radius 2 is 1.63 bits per heavy atom. The molecule has 2 aliphatic heterocycles. The Kier molecular flexibility index (Phi) is 7.23. The summed E-state index contributed by atoms with van der Waals surface area (Å²) >= 11 is 0. The van der Waals surface area contributed by atoms with E-state index in [9.17, 15) is 9.59 Å². The molecule has 2 amide bonds. The number of ether oxygens (including phenoxy) is 2. The highest BCUT2D eigenvalue weighted by Gasteiger charge is 2.26. The lowest BCUT2D eigenvalue weighted by Crippen LogP contribution is -2.49. The van der Waals surface area contributed by atoms with Crippen LogP contribution in [0.4, 0.5) is 4.79 Å². The minimum atomic E-state index is -0.477. The Hall–Kier alpha value is -2.28. The molecule has 2 fully saturated rings. The number of hydrogen-bond donors (Lipinski definition) is 0. The molecule has 0 radical (unpaired) electrons. The first-order chi connectivity index (χ1) is 14.2. The summed E-state index contributed by atoms with van der Waals surface area (Å²) in [6.07, 6.45) is 1.91. The predicted octanol–water partition coefficient (Wildman–Crippen LogP) is 3.05. The maximum absolute atomic E-state index is 12.3. The normalized spacial score (nSPS) is 17.9. The zero-order valence-electron chi connectivity index (χ0n) is 18.8. The molecule has 2 saturated heterocycles. The Bertz CT molecular complexity index is 745. The van der Waals surface area contributed by atoms with Gasteiger partial charge in [0, 0.05) is 51.4 Å². The largest absolute Gasteiger partial charge is 0.483 e. The number of likely N-dealkylation sites (tertiary alicyclic amines) is 1. The van der Waals surface area contributed by atoms with Crippen molar-refractivity contribution < 1.29 is 19.1 Å². The number of amides is 2. The van der Waals surface area contributed by atoms with Crippen LogP contribution < -0.4 is 4.74 Å². The van der Waals surface area contributed by atoms with Crippen LogP contribution in [0.3, 0.4) is 0 Å². The van der Waals surface area contributed by atoms with Gasteiger partial charge in [-0.25, -0.2) is 4.79 Å². The Morgan fingerprint density at radius 1 is 0.967 bits per heavy atom. The predicted molar refractivity (Wildman–Crippen MR) is 116 cm³/mol. The van der Waals surface area contributed by atoms with E-state index in [4.69, 9.17) is 9.47 Å². The minimum Gasteiger partial charge on any atom is -0.483 e. The van der Waals surface area contributed by atoms with Gasteiger partial charge in [0.2, 0.25) is 0 Å². The number of nitrogens with zero attached hydrogens (tertiary/aromatic N) is 3. The van der Waals surface area contributed by atoms with Crippen LogP contribution >= 0.6 is 0 Å². The number of carbonyl (C=O) groups excluding carboxylic acids is 2. The van der Waals surface area contributed by atoms with Gasteiger partial charge in [0.1, 0.15) is 11.4 Å². The quantitative estimate of drug-likeness (QED) is 0.737. The number of aryl methyl sites for hydroxylation is 1. The minimum absolute atomic E-state index is 0.0610. The van der Waals surface area contributed by atoms with Crippen molar-refractivity contribution in [3.05, 3.63) is 29.3 Å². The van der Waals surface area contributed by atoms with E-state index in [1.807, 2.05) is 38.7 Å². The number of piperazine rings is 1. The topological polar surface area (TPSA) is 62.3 Å². The third kappa shape index (κ3) is 6.36. The maximum atomic E-state index is 12.3. The first-order valence-corrected chi connectivity index (χ1v) is 10.9. The van der Waals surface area contributed by atoms with Gasteiger partial charge in [-0.3, -0.25) is 9.69 Å². The summed E-state index contributed by atoms with van der Waals surface area (Å²) in [5, 5.41) is 0. The molecule has 0 atom stereocenters. The molecule has 0 bridgehead atoms. The monoisotopic (exact) mass is 417 g/mol. The lowest BCUT2D eigenvalue weighted by atomic mass is 10.1. The zero-order chi connectivity index (χ0) is 21.7. The summed E-state index contributed by atoms with van der Waals surface area (Å²) in [5.41, 5.74) is 1.70. The molecule has 166 valence electrons. The Labute approximate surface area is 179 Å². The fourth-order valence-corrected chi connectivity index (χ4v) is 3.78. The van der Waals surface area contributed by atoms with Gasteiger partial charge in [0.05, 0.1) is 0 Å². The first kappa shape index (κ1) is 22.4. The average Bonchev–Trinajstić information content (AvgIpc) is 3.22. The molecule has 2 heterocycles. The van der Waals surface area contributed by atoms with E-state index in [2.05, 4.69) is 17.0 Å². The van der Waals surface area contributed by atoms with Crippen LogP contribution in [0.2, 0.25) is 0 Å². The molecular weight excluding hydrogens is 382 g/mol.